The monoisotopic (exact) mass is 330 g/mol. The number of amides is 1. The van der Waals surface area contributed by atoms with Gasteiger partial charge < -0.3 is 10.1 Å². The Bertz CT molecular complexity index is 602. The van der Waals surface area contributed by atoms with Crippen molar-refractivity contribution in [2.75, 3.05) is 32.1 Å². The molecule has 1 N–H and O–H groups in total. The number of hydrogen-bond donors (Lipinski definition) is 1. The van der Waals surface area contributed by atoms with Crippen LogP contribution >= 0.6 is 0 Å². The number of nitrogens with zero attached hydrogens (tertiary/aromatic N) is 1. The average Bonchev–Trinajstić information content (AvgIpc) is 2.61. The highest BCUT2D eigenvalue weighted by molar-refractivity contribution is 6.01. The van der Waals surface area contributed by atoms with Gasteiger partial charge in [-0.1, -0.05) is 31.4 Å². The summed E-state index contributed by atoms with van der Waals surface area (Å²) in [6.45, 7) is 2.41. The Morgan fingerprint density at radius 1 is 1.17 bits per heavy atom. The third kappa shape index (κ3) is 3.96. The number of nitrogens with one attached hydrogen (secondary N) is 1. The number of para-hydroxylation sites is 1. The van der Waals surface area contributed by atoms with E-state index in [-0.39, 0.29) is 5.91 Å². The Hall–Kier alpha value is -1.88. The minimum Gasteiger partial charge on any atom is -0.465 e. The van der Waals surface area contributed by atoms with E-state index in [2.05, 4.69) is 10.2 Å². The van der Waals surface area contributed by atoms with Crippen LogP contribution in [0, 0.1) is 11.8 Å². The zero-order valence-corrected chi connectivity index (χ0v) is 14.3. The van der Waals surface area contributed by atoms with Crippen LogP contribution in [-0.4, -0.2) is 43.5 Å². The normalized spacial score (nSPS) is 24.0. The van der Waals surface area contributed by atoms with Gasteiger partial charge >= 0.3 is 5.97 Å². The standard InChI is InChI=1S/C19H26N2O3/c1-24-19(23)16-8-4-5-9-17(16)20-18(22)13-21-11-10-14-6-2-3-7-15(14)12-21/h4-5,8-9,14-15H,2-3,6-7,10-13H2,1H3,(H,20,22)/t14-,15-/m1/s1. The Balaban J connectivity index is 1.57. The Kier molecular flexibility index (Phi) is 5.51. The van der Waals surface area contributed by atoms with Crippen LogP contribution < -0.4 is 5.32 Å². The van der Waals surface area contributed by atoms with Crippen molar-refractivity contribution in [2.45, 2.75) is 32.1 Å². The van der Waals surface area contributed by atoms with Crippen molar-refractivity contribution in [2.24, 2.45) is 11.8 Å². The van der Waals surface area contributed by atoms with E-state index < -0.39 is 5.97 Å². The maximum absolute atomic E-state index is 12.4. The van der Waals surface area contributed by atoms with E-state index in [1.54, 1.807) is 24.3 Å². The van der Waals surface area contributed by atoms with Gasteiger partial charge in [0.25, 0.3) is 0 Å². The summed E-state index contributed by atoms with van der Waals surface area (Å²) >= 11 is 0. The minimum absolute atomic E-state index is 0.0689. The lowest BCUT2D eigenvalue weighted by atomic mass is 9.75. The topological polar surface area (TPSA) is 58.6 Å². The maximum atomic E-state index is 12.4. The second-order valence-corrected chi connectivity index (χ2v) is 6.91. The predicted octanol–water partition coefficient (Wildman–Crippen LogP) is 2.92. The van der Waals surface area contributed by atoms with E-state index in [0.717, 1.165) is 24.9 Å². The molecular weight excluding hydrogens is 304 g/mol. The van der Waals surface area contributed by atoms with Crippen molar-refractivity contribution in [1.82, 2.24) is 4.90 Å². The molecule has 0 bridgehead atoms. The number of esters is 1. The van der Waals surface area contributed by atoms with Crippen LogP contribution in [0.1, 0.15) is 42.5 Å². The number of methoxy groups -OCH3 is 1. The van der Waals surface area contributed by atoms with E-state index >= 15 is 0 Å². The molecule has 5 nitrogen and oxygen atoms in total. The van der Waals surface area contributed by atoms with E-state index in [1.165, 1.54) is 39.2 Å². The van der Waals surface area contributed by atoms with E-state index in [1.807, 2.05) is 0 Å². The van der Waals surface area contributed by atoms with Crippen LogP contribution in [0.25, 0.3) is 0 Å². The van der Waals surface area contributed by atoms with Gasteiger partial charge in [0.2, 0.25) is 5.91 Å². The van der Waals surface area contributed by atoms with Crippen molar-refractivity contribution in [3.8, 4) is 0 Å². The molecule has 3 rings (SSSR count). The molecule has 5 heteroatoms. The number of carbonyl (C=O) groups is 2. The lowest BCUT2D eigenvalue weighted by molar-refractivity contribution is -0.118. The molecule has 1 saturated carbocycles. The van der Waals surface area contributed by atoms with Crippen molar-refractivity contribution >= 4 is 17.6 Å². The molecule has 2 atom stereocenters. The van der Waals surface area contributed by atoms with Gasteiger partial charge in [0.05, 0.1) is 24.9 Å². The molecule has 1 aliphatic carbocycles. The summed E-state index contributed by atoms with van der Waals surface area (Å²) in [5.74, 6) is 1.11. The molecule has 24 heavy (non-hydrogen) atoms. The van der Waals surface area contributed by atoms with Crippen molar-refractivity contribution < 1.29 is 14.3 Å². The van der Waals surface area contributed by atoms with Gasteiger partial charge in [-0.3, -0.25) is 9.69 Å². The molecule has 130 valence electrons. The second kappa shape index (κ2) is 7.79. The molecule has 0 unspecified atom stereocenters. The summed E-state index contributed by atoms with van der Waals surface area (Å²) < 4.78 is 4.77. The minimum atomic E-state index is -0.436. The zero-order valence-electron chi connectivity index (χ0n) is 14.3. The number of carbonyl (C=O) groups excluding carboxylic acids is 2. The molecule has 0 spiro atoms. The zero-order chi connectivity index (χ0) is 16.9. The molecule has 1 aromatic rings. The number of benzene rings is 1. The van der Waals surface area contributed by atoms with Gasteiger partial charge in [-0.2, -0.15) is 0 Å². The molecule has 1 aromatic carbocycles. The summed E-state index contributed by atoms with van der Waals surface area (Å²) in [5, 5.41) is 2.86. The molecule has 1 heterocycles. The quantitative estimate of drug-likeness (QED) is 0.863. The highest BCUT2D eigenvalue weighted by Gasteiger charge is 2.31. The van der Waals surface area contributed by atoms with Crippen LogP contribution in [0.2, 0.25) is 0 Å². The summed E-state index contributed by atoms with van der Waals surface area (Å²) in [7, 11) is 1.34. The number of likely N-dealkylation sites (tertiary alicyclic amines) is 1. The van der Waals surface area contributed by atoms with Gasteiger partial charge in [0, 0.05) is 6.54 Å². The number of hydrogen-bond acceptors (Lipinski definition) is 4. The first-order valence-electron chi connectivity index (χ1n) is 8.87. The van der Waals surface area contributed by atoms with E-state index in [9.17, 15) is 9.59 Å². The number of ether oxygens (including phenoxy) is 1. The van der Waals surface area contributed by atoms with Crippen LogP contribution in [-0.2, 0) is 9.53 Å². The molecule has 2 aliphatic rings. The molecule has 2 fully saturated rings. The van der Waals surface area contributed by atoms with Crippen LogP contribution in [0.4, 0.5) is 5.69 Å². The van der Waals surface area contributed by atoms with Crippen molar-refractivity contribution in [3.63, 3.8) is 0 Å². The average molecular weight is 330 g/mol. The fraction of sp³-hybridized carbons (Fsp3) is 0.579. The number of fused-ring (bicyclic) bond motifs is 1. The first-order valence-corrected chi connectivity index (χ1v) is 8.87. The van der Waals surface area contributed by atoms with Crippen LogP contribution in [0.3, 0.4) is 0 Å². The van der Waals surface area contributed by atoms with Gasteiger partial charge in [0.1, 0.15) is 0 Å². The molecule has 0 radical (unpaired) electrons. The van der Waals surface area contributed by atoms with Crippen LogP contribution in [0.5, 0.6) is 0 Å². The van der Waals surface area contributed by atoms with Gasteiger partial charge in [-0.25, -0.2) is 4.79 Å². The fourth-order valence-corrected chi connectivity index (χ4v) is 4.09. The number of anilines is 1. The van der Waals surface area contributed by atoms with Crippen molar-refractivity contribution in [1.29, 1.82) is 0 Å². The molecule has 0 aromatic heterocycles. The highest BCUT2D eigenvalue weighted by Crippen LogP contribution is 2.35. The number of piperidine rings is 1. The molecule has 1 amide bonds. The third-order valence-corrected chi connectivity index (χ3v) is 5.35. The molecule has 1 saturated heterocycles. The Morgan fingerprint density at radius 2 is 1.92 bits per heavy atom. The first kappa shape index (κ1) is 17.0. The summed E-state index contributed by atoms with van der Waals surface area (Å²) in [6.07, 6.45) is 6.56. The summed E-state index contributed by atoms with van der Waals surface area (Å²) in [6, 6.07) is 6.96. The SMILES string of the molecule is COC(=O)c1ccccc1NC(=O)CN1CC[C@H]2CCCC[C@@H]2C1. The van der Waals surface area contributed by atoms with E-state index in [0.29, 0.717) is 17.8 Å². The lowest BCUT2D eigenvalue weighted by Gasteiger charge is -2.41. The largest absolute Gasteiger partial charge is 0.465 e. The highest BCUT2D eigenvalue weighted by atomic mass is 16.5. The molecule has 1 aliphatic heterocycles. The lowest BCUT2D eigenvalue weighted by Crippen LogP contribution is -2.44. The van der Waals surface area contributed by atoms with Gasteiger partial charge in [-0.15, -0.1) is 0 Å². The second-order valence-electron chi connectivity index (χ2n) is 6.91. The maximum Gasteiger partial charge on any atom is 0.339 e. The van der Waals surface area contributed by atoms with Crippen LogP contribution in [0.15, 0.2) is 24.3 Å². The van der Waals surface area contributed by atoms with Crippen molar-refractivity contribution in [3.05, 3.63) is 29.8 Å². The molecular formula is C19H26N2O3. The number of rotatable bonds is 4. The Labute approximate surface area is 143 Å². The Morgan fingerprint density at radius 3 is 2.71 bits per heavy atom. The van der Waals surface area contributed by atoms with Gasteiger partial charge in [0.15, 0.2) is 0 Å². The van der Waals surface area contributed by atoms with Gasteiger partial charge in [-0.05, 0) is 43.4 Å². The predicted molar refractivity (Wildman–Crippen MR) is 92.9 cm³/mol. The summed E-state index contributed by atoms with van der Waals surface area (Å²) in [5.41, 5.74) is 0.904. The third-order valence-electron chi connectivity index (χ3n) is 5.35. The first-order chi connectivity index (χ1) is 11.7. The van der Waals surface area contributed by atoms with E-state index in [4.69, 9.17) is 4.74 Å². The fourth-order valence-electron chi connectivity index (χ4n) is 4.09. The smallest absolute Gasteiger partial charge is 0.339 e. The summed E-state index contributed by atoms with van der Waals surface area (Å²) in [4.78, 5) is 26.4.